The Hall–Kier alpha value is -1.05. The Morgan fingerprint density at radius 3 is 2.92 bits per heavy atom. The quantitative estimate of drug-likeness (QED) is 0.648. The first-order valence-corrected chi connectivity index (χ1v) is 4.43. The maximum atomic E-state index is 11.4. The summed E-state index contributed by atoms with van der Waals surface area (Å²) in [5.41, 5.74) is 1.19. The van der Waals surface area contributed by atoms with Crippen LogP contribution in [0.2, 0.25) is 0 Å². The Morgan fingerprint density at radius 2 is 2.33 bits per heavy atom. The van der Waals surface area contributed by atoms with Gasteiger partial charge in [-0.15, -0.1) is 0 Å². The fourth-order valence-electron chi connectivity index (χ4n) is 1.34. The molecule has 1 fully saturated rings. The van der Waals surface area contributed by atoms with Gasteiger partial charge in [-0.25, -0.2) is 0 Å². The molecule has 2 rings (SSSR count). The molecule has 0 atom stereocenters. The van der Waals surface area contributed by atoms with Crippen molar-refractivity contribution in [3.05, 3.63) is 34.2 Å². The lowest BCUT2D eigenvalue weighted by atomic mass is 10.3. The summed E-state index contributed by atoms with van der Waals surface area (Å²) in [5, 5.41) is 0. The molecule has 0 unspecified atom stereocenters. The summed E-state index contributed by atoms with van der Waals surface area (Å²) in [6.07, 6.45) is 4.48. The summed E-state index contributed by atoms with van der Waals surface area (Å²) in [4.78, 5) is 11.4. The van der Waals surface area contributed by atoms with Gasteiger partial charge in [0.2, 0.25) is 0 Å². The highest BCUT2D eigenvalue weighted by Crippen LogP contribution is 2.29. The molecule has 0 bridgehead atoms. The van der Waals surface area contributed by atoms with Gasteiger partial charge in [-0.3, -0.25) is 4.79 Å². The van der Waals surface area contributed by atoms with E-state index < -0.39 is 0 Å². The van der Waals surface area contributed by atoms with Crippen LogP contribution in [-0.4, -0.2) is 4.57 Å². The van der Waals surface area contributed by atoms with E-state index in [2.05, 4.69) is 0 Å². The van der Waals surface area contributed by atoms with E-state index in [0.29, 0.717) is 0 Å². The van der Waals surface area contributed by atoms with Crippen LogP contribution < -0.4 is 5.56 Å². The van der Waals surface area contributed by atoms with Gasteiger partial charge in [0, 0.05) is 18.8 Å². The van der Waals surface area contributed by atoms with E-state index in [-0.39, 0.29) is 5.56 Å². The first-order valence-electron chi connectivity index (χ1n) is 4.43. The molecule has 0 aliphatic heterocycles. The fourth-order valence-corrected chi connectivity index (χ4v) is 1.34. The van der Waals surface area contributed by atoms with E-state index in [1.165, 1.54) is 12.8 Å². The third-order valence-corrected chi connectivity index (χ3v) is 2.30. The molecule has 2 nitrogen and oxygen atoms in total. The SMILES string of the molecule is Cc1ccn(CC2CC2)c(=O)c1. The Kier molecular flexibility index (Phi) is 1.75. The molecular weight excluding hydrogens is 150 g/mol. The number of rotatable bonds is 2. The van der Waals surface area contributed by atoms with Gasteiger partial charge in [-0.05, 0) is 37.3 Å². The van der Waals surface area contributed by atoms with Crippen LogP contribution in [0.1, 0.15) is 18.4 Å². The number of nitrogens with zero attached hydrogens (tertiary/aromatic N) is 1. The highest BCUT2D eigenvalue weighted by atomic mass is 16.1. The molecule has 0 saturated heterocycles. The summed E-state index contributed by atoms with van der Waals surface area (Å²) in [6, 6.07) is 3.69. The molecule has 1 aliphatic carbocycles. The predicted molar refractivity (Wildman–Crippen MR) is 48.2 cm³/mol. The second-order valence-corrected chi connectivity index (χ2v) is 3.64. The van der Waals surface area contributed by atoms with Crippen LogP contribution in [0.4, 0.5) is 0 Å². The van der Waals surface area contributed by atoms with Crippen LogP contribution in [0.5, 0.6) is 0 Å². The normalized spacial score (nSPS) is 16.4. The van der Waals surface area contributed by atoms with Gasteiger partial charge in [0.05, 0.1) is 0 Å². The predicted octanol–water partition coefficient (Wildman–Crippen LogP) is 1.57. The molecule has 12 heavy (non-hydrogen) atoms. The fraction of sp³-hybridized carbons (Fsp3) is 0.500. The third-order valence-electron chi connectivity index (χ3n) is 2.30. The van der Waals surface area contributed by atoms with Crippen molar-refractivity contribution in [1.82, 2.24) is 4.57 Å². The Labute approximate surface area is 71.8 Å². The Bertz CT molecular complexity index is 336. The van der Waals surface area contributed by atoms with E-state index in [9.17, 15) is 4.79 Å². The zero-order chi connectivity index (χ0) is 8.55. The van der Waals surface area contributed by atoms with Crippen molar-refractivity contribution in [2.24, 2.45) is 5.92 Å². The van der Waals surface area contributed by atoms with E-state index in [0.717, 1.165) is 18.0 Å². The van der Waals surface area contributed by atoms with Gasteiger partial charge in [-0.1, -0.05) is 0 Å². The van der Waals surface area contributed by atoms with Gasteiger partial charge in [0.25, 0.3) is 5.56 Å². The largest absolute Gasteiger partial charge is 0.315 e. The number of aromatic nitrogens is 1. The average Bonchev–Trinajstić information content (AvgIpc) is 2.79. The van der Waals surface area contributed by atoms with Gasteiger partial charge < -0.3 is 4.57 Å². The number of hydrogen-bond acceptors (Lipinski definition) is 1. The molecule has 1 heterocycles. The molecule has 1 aromatic rings. The summed E-state index contributed by atoms with van der Waals surface area (Å²) in [5.74, 6) is 0.769. The zero-order valence-electron chi connectivity index (χ0n) is 7.29. The van der Waals surface area contributed by atoms with Crippen molar-refractivity contribution in [3.63, 3.8) is 0 Å². The van der Waals surface area contributed by atoms with Gasteiger partial charge in [0.1, 0.15) is 0 Å². The zero-order valence-corrected chi connectivity index (χ0v) is 7.29. The molecule has 0 spiro atoms. The topological polar surface area (TPSA) is 22.0 Å². The summed E-state index contributed by atoms with van der Waals surface area (Å²) >= 11 is 0. The lowest BCUT2D eigenvalue weighted by Crippen LogP contribution is -2.19. The highest BCUT2D eigenvalue weighted by molar-refractivity contribution is 5.08. The van der Waals surface area contributed by atoms with E-state index in [1.807, 2.05) is 23.8 Å². The molecule has 1 aliphatic rings. The second kappa shape index (κ2) is 2.77. The number of pyridine rings is 1. The van der Waals surface area contributed by atoms with Crippen LogP contribution >= 0.6 is 0 Å². The minimum atomic E-state index is 0.141. The summed E-state index contributed by atoms with van der Waals surface area (Å²) in [7, 11) is 0. The smallest absolute Gasteiger partial charge is 0.250 e. The first kappa shape index (κ1) is 7.59. The van der Waals surface area contributed by atoms with Crippen molar-refractivity contribution in [1.29, 1.82) is 0 Å². The minimum absolute atomic E-state index is 0.141. The van der Waals surface area contributed by atoms with Crippen molar-refractivity contribution in [2.75, 3.05) is 0 Å². The lowest BCUT2D eigenvalue weighted by molar-refractivity contribution is 0.606. The Morgan fingerprint density at radius 1 is 1.58 bits per heavy atom. The molecule has 0 N–H and O–H groups in total. The highest BCUT2D eigenvalue weighted by Gasteiger charge is 2.21. The maximum absolute atomic E-state index is 11.4. The van der Waals surface area contributed by atoms with Gasteiger partial charge in [0.15, 0.2) is 0 Å². The van der Waals surface area contributed by atoms with Crippen molar-refractivity contribution in [2.45, 2.75) is 26.3 Å². The van der Waals surface area contributed by atoms with Crippen LogP contribution in [-0.2, 0) is 6.54 Å². The van der Waals surface area contributed by atoms with Crippen molar-refractivity contribution < 1.29 is 0 Å². The average molecular weight is 163 g/mol. The number of hydrogen-bond donors (Lipinski definition) is 0. The van der Waals surface area contributed by atoms with E-state index >= 15 is 0 Å². The molecule has 1 aromatic heterocycles. The van der Waals surface area contributed by atoms with Crippen LogP contribution in [0.15, 0.2) is 23.1 Å². The molecular formula is C10H13NO. The molecule has 64 valence electrons. The maximum Gasteiger partial charge on any atom is 0.250 e. The summed E-state index contributed by atoms with van der Waals surface area (Å²) in [6.45, 7) is 2.86. The summed E-state index contributed by atoms with van der Waals surface area (Å²) < 4.78 is 1.81. The van der Waals surface area contributed by atoms with Gasteiger partial charge >= 0.3 is 0 Å². The van der Waals surface area contributed by atoms with Crippen molar-refractivity contribution in [3.8, 4) is 0 Å². The first-order chi connectivity index (χ1) is 5.75. The second-order valence-electron chi connectivity index (χ2n) is 3.64. The van der Waals surface area contributed by atoms with Crippen LogP contribution in [0.25, 0.3) is 0 Å². The Balaban J connectivity index is 2.24. The van der Waals surface area contributed by atoms with Crippen LogP contribution in [0.3, 0.4) is 0 Å². The van der Waals surface area contributed by atoms with E-state index in [1.54, 1.807) is 6.07 Å². The lowest BCUT2D eigenvalue weighted by Gasteiger charge is -2.03. The molecule has 1 saturated carbocycles. The third kappa shape index (κ3) is 1.58. The van der Waals surface area contributed by atoms with Gasteiger partial charge in [-0.2, -0.15) is 0 Å². The number of aryl methyl sites for hydroxylation is 1. The molecule has 0 amide bonds. The molecule has 0 aromatic carbocycles. The standard InChI is InChI=1S/C10H13NO/c1-8-4-5-11(10(12)6-8)7-9-2-3-9/h4-6,9H,2-3,7H2,1H3. The minimum Gasteiger partial charge on any atom is -0.315 e. The van der Waals surface area contributed by atoms with E-state index in [4.69, 9.17) is 0 Å². The monoisotopic (exact) mass is 163 g/mol. The molecule has 2 heteroatoms. The van der Waals surface area contributed by atoms with Crippen molar-refractivity contribution >= 4 is 0 Å². The molecule has 0 radical (unpaired) electrons. The van der Waals surface area contributed by atoms with Crippen LogP contribution in [0, 0.1) is 12.8 Å².